The van der Waals surface area contributed by atoms with Crippen LogP contribution in [0.3, 0.4) is 0 Å². The number of amides is 1. The quantitative estimate of drug-likeness (QED) is 0.449. The third kappa shape index (κ3) is 5.25. The SMILES string of the molecule is CCC(C)N(Cc1csc(COc2cccc(C)c2C)n1)C(=O)c1ccc(F)cc1. The molecule has 1 atom stereocenters. The van der Waals surface area contributed by atoms with Crippen LogP contribution in [0.2, 0.25) is 0 Å². The molecule has 0 radical (unpaired) electrons. The summed E-state index contributed by atoms with van der Waals surface area (Å²) >= 11 is 1.53. The summed E-state index contributed by atoms with van der Waals surface area (Å²) in [6.45, 7) is 8.96. The maximum absolute atomic E-state index is 13.2. The van der Waals surface area contributed by atoms with E-state index in [1.807, 2.05) is 38.3 Å². The Bertz CT molecular complexity index is 1000. The first kappa shape index (κ1) is 22.0. The molecular weight excluding hydrogens is 399 g/mol. The van der Waals surface area contributed by atoms with E-state index >= 15 is 0 Å². The Balaban J connectivity index is 1.70. The van der Waals surface area contributed by atoms with Gasteiger partial charge in [0.25, 0.3) is 5.91 Å². The van der Waals surface area contributed by atoms with Crippen molar-refractivity contribution in [1.82, 2.24) is 9.88 Å². The molecule has 3 aromatic rings. The summed E-state index contributed by atoms with van der Waals surface area (Å²) in [5, 5.41) is 2.83. The largest absolute Gasteiger partial charge is 0.486 e. The molecular formula is C24H27FN2O2S. The number of halogens is 1. The number of rotatable bonds is 8. The molecule has 0 aliphatic rings. The fraction of sp³-hybridized carbons (Fsp3) is 0.333. The van der Waals surface area contributed by atoms with E-state index in [0.29, 0.717) is 18.7 Å². The van der Waals surface area contributed by atoms with Gasteiger partial charge in [0.05, 0.1) is 12.2 Å². The number of aryl methyl sites for hydroxylation is 1. The molecule has 0 aliphatic carbocycles. The van der Waals surface area contributed by atoms with Gasteiger partial charge >= 0.3 is 0 Å². The smallest absolute Gasteiger partial charge is 0.254 e. The molecule has 0 aliphatic heterocycles. The highest BCUT2D eigenvalue weighted by Gasteiger charge is 2.22. The van der Waals surface area contributed by atoms with Crippen LogP contribution in [0, 0.1) is 19.7 Å². The normalized spacial score (nSPS) is 11.9. The summed E-state index contributed by atoms with van der Waals surface area (Å²) in [6.07, 6.45) is 0.819. The van der Waals surface area contributed by atoms with Crippen LogP contribution in [-0.2, 0) is 13.2 Å². The second-order valence-corrected chi connectivity index (χ2v) is 8.36. The van der Waals surface area contributed by atoms with E-state index in [2.05, 4.69) is 18.0 Å². The van der Waals surface area contributed by atoms with Gasteiger partial charge in [0.15, 0.2) is 0 Å². The first-order valence-electron chi connectivity index (χ1n) is 10.1. The van der Waals surface area contributed by atoms with Crippen LogP contribution in [0.15, 0.2) is 47.8 Å². The van der Waals surface area contributed by atoms with Gasteiger partial charge in [-0.15, -0.1) is 11.3 Å². The molecule has 1 amide bonds. The van der Waals surface area contributed by atoms with Crippen molar-refractivity contribution < 1.29 is 13.9 Å². The molecule has 0 saturated carbocycles. The highest BCUT2D eigenvalue weighted by atomic mass is 32.1. The van der Waals surface area contributed by atoms with Crippen molar-refractivity contribution in [3.63, 3.8) is 0 Å². The van der Waals surface area contributed by atoms with Crippen LogP contribution < -0.4 is 4.74 Å². The Hall–Kier alpha value is -2.73. The van der Waals surface area contributed by atoms with Gasteiger partial charge < -0.3 is 9.64 Å². The number of hydrogen-bond donors (Lipinski definition) is 0. The fourth-order valence-electron chi connectivity index (χ4n) is 3.09. The van der Waals surface area contributed by atoms with Gasteiger partial charge in [-0.1, -0.05) is 19.1 Å². The molecule has 0 saturated heterocycles. The van der Waals surface area contributed by atoms with Crippen LogP contribution in [0.1, 0.15) is 52.5 Å². The van der Waals surface area contributed by atoms with Gasteiger partial charge in [-0.3, -0.25) is 4.79 Å². The summed E-state index contributed by atoms with van der Waals surface area (Å²) in [7, 11) is 0. The number of carbonyl (C=O) groups excluding carboxylic acids is 1. The lowest BCUT2D eigenvalue weighted by Gasteiger charge is -2.28. The molecule has 30 heavy (non-hydrogen) atoms. The van der Waals surface area contributed by atoms with Crippen LogP contribution >= 0.6 is 11.3 Å². The summed E-state index contributed by atoms with van der Waals surface area (Å²) in [5.41, 5.74) is 3.62. The van der Waals surface area contributed by atoms with E-state index in [1.54, 1.807) is 4.90 Å². The minimum atomic E-state index is -0.352. The lowest BCUT2D eigenvalue weighted by atomic mass is 10.1. The summed E-state index contributed by atoms with van der Waals surface area (Å²) < 4.78 is 19.2. The Morgan fingerprint density at radius 2 is 1.93 bits per heavy atom. The molecule has 2 aromatic carbocycles. The molecule has 1 aromatic heterocycles. The third-order valence-electron chi connectivity index (χ3n) is 5.31. The molecule has 1 unspecified atom stereocenters. The molecule has 1 heterocycles. The minimum Gasteiger partial charge on any atom is -0.486 e. The van der Waals surface area contributed by atoms with E-state index in [1.165, 1.54) is 41.2 Å². The third-order valence-corrected chi connectivity index (χ3v) is 6.18. The van der Waals surface area contributed by atoms with Crippen LogP contribution in [0.5, 0.6) is 5.75 Å². The highest BCUT2D eigenvalue weighted by Crippen LogP contribution is 2.23. The number of carbonyl (C=O) groups is 1. The van der Waals surface area contributed by atoms with Crippen LogP contribution in [-0.4, -0.2) is 21.8 Å². The topological polar surface area (TPSA) is 42.4 Å². The van der Waals surface area contributed by atoms with E-state index in [4.69, 9.17) is 4.74 Å². The number of nitrogens with zero attached hydrogens (tertiary/aromatic N) is 2. The van der Waals surface area contributed by atoms with E-state index in [-0.39, 0.29) is 17.8 Å². The first-order valence-corrected chi connectivity index (χ1v) is 11.0. The van der Waals surface area contributed by atoms with E-state index < -0.39 is 0 Å². The van der Waals surface area contributed by atoms with E-state index in [0.717, 1.165) is 28.4 Å². The van der Waals surface area contributed by atoms with E-state index in [9.17, 15) is 9.18 Å². The Labute approximate surface area is 181 Å². The lowest BCUT2D eigenvalue weighted by Crippen LogP contribution is -2.37. The molecule has 0 spiro atoms. The zero-order valence-corrected chi connectivity index (χ0v) is 18.6. The Morgan fingerprint density at radius 1 is 1.20 bits per heavy atom. The van der Waals surface area contributed by atoms with Crippen molar-refractivity contribution in [2.75, 3.05) is 0 Å². The zero-order valence-electron chi connectivity index (χ0n) is 17.8. The second-order valence-electron chi connectivity index (χ2n) is 7.42. The highest BCUT2D eigenvalue weighted by molar-refractivity contribution is 7.09. The molecule has 3 rings (SSSR count). The average molecular weight is 427 g/mol. The Morgan fingerprint density at radius 3 is 2.63 bits per heavy atom. The van der Waals surface area contributed by atoms with Crippen molar-refractivity contribution in [1.29, 1.82) is 0 Å². The van der Waals surface area contributed by atoms with Crippen molar-refractivity contribution in [3.8, 4) is 5.75 Å². The Kier molecular flexibility index (Phi) is 7.21. The van der Waals surface area contributed by atoms with Gasteiger partial charge in [-0.25, -0.2) is 9.37 Å². The number of hydrogen-bond acceptors (Lipinski definition) is 4. The van der Waals surface area contributed by atoms with Crippen molar-refractivity contribution >= 4 is 17.2 Å². The molecule has 0 bridgehead atoms. The number of benzene rings is 2. The second kappa shape index (κ2) is 9.85. The summed E-state index contributed by atoms with van der Waals surface area (Å²) in [5.74, 6) is 0.389. The molecule has 4 nitrogen and oxygen atoms in total. The fourth-order valence-corrected chi connectivity index (χ4v) is 3.79. The van der Waals surface area contributed by atoms with Gasteiger partial charge in [-0.2, -0.15) is 0 Å². The van der Waals surface area contributed by atoms with Crippen molar-refractivity contribution in [3.05, 3.63) is 81.1 Å². The summed E-state index contributed by atoms with van der Waals surface area (Å²) in [4.78, 5) is 19.5. The predicted octanol–water partition coefficient (Wildman–Crippen LogP) is 5.92. The molecule has 6 heteroatoms. The average Bonchev–Trinajstić information content (AvgIpc) is 3.20. The van der Waals surface area contributed by atoms with Crippen LogP contribution in [0.25, 0.3) is 0 Å². The van der Waals surface area contributed by atoms with Crippen molar-refractivity contribution in [2.45, 2.75) is 53.3 Å². The van der Waals surface area contributed by atoms with Gasteiger partial charge in [0, 0.05) is 17.0 Å². The van der Waals surface area contributed by atoms with Gasteiger partial charge in [0.2, 0.25) is 0 Å². The molecule has 0 fully saturated rings. The lowest BCUT2D eigenvalue weighted by molar-refractivity contribution is 0.0669. The molecule has 0 N–H and O–H groups in total. The maximum atomic E-state index is 13.2. The number of ether oxygens (including phenoxy) is 1. The first-order chi connectivity index (χ1) is 14.4. The number of thiazole rings is 1. The maximum Gasteiger partial charge on any atom is 0.254 e. The minimum absolute atomic E-state index is 0.0406. The summed E-state index contributed by atoms with van der Waals surface area (Å²) in [6, 6.07) is 11.7. The molecule has 158 valence electrons. The van der Waals surface area contributed by atoms with Gasteiger partial charge in [0.1, 0.15) is 23.2 Å². The number of aromatic nitrogens is 1. The van der Waals surface area contributed by atoms with Gasteiger partial charge in [-0.05, 0) is 68.7 Å². The monoisotopic (exact) mass is 426 g/mol. The van der Waals surface area contributed by atoms with Crippen molar-refractivity contribution in [2.24, 2.45) is 0 Å². The van der Waals surface area contributed by atoms with Crippen LogP contribution in [0.4, 0.5) is 4.39 Å². The zero-order chi connectivity index (χ0) is 21.7. The predicted molar refractivity (Wildman–Crippen MR) is 118 cm³/mol. The standard InChI is InChI=1S/C24H27FN2O2S/c1-5-17(3)27(24(28)19-9-11-20(25)12-10-19)13-21-15-30-23(26-21)14-29-22-8-6-7-16(2)18(22)4/h6-12,15,17H,5,13-14H2,1-4H3.